The molecule has 0 radical (unpaired) electrons. The van der Waals surface area contributed by atoms with E-state index in [1.165, 1.54) is 4.88 Å². The summed E-state index contributed by atoms with van der Waals surface area (Å²) in [7, 11) is 0. The molecule has 4 N–H and O–H groups in total. The monoisotopic (exact) mass is 296 g/mol. The minimum atomic E-state index is -0.424. The maximum atomic E-state index is 9.20. The molecule has 2 rings (SSSR count). The number of aryl methyl sites for hydroxylation is 1. The highest BCUT2D eigenvalue weighted by atomic mass is 32.1. The number of aliphatic hydroxyl groups is 2. The van der Waals surface area contributed by atoms with E-state index in [2.05, 4.69) is 33.6 Å². The number of thiophene rings is 1. The smallest absolute Gasteiger partial charge is 0.226 e. The van der Waals surface area contributed by atoms with Crippen LogP contribution in [-0.2, 0) is 6.42 Å². The lowest BCUT2D eigenvalue weighted by Crippen LogP contribution is -2.28. The average molecular weight is 296 g/mol. The SMILES string of the molecule is CCNc1nc(NC(CO)CO)c2cc(CC)sc2n1. The zero-order valence-electron chi connectivity index (χ0n) is 11.7. The molecule has 0 atom stereocenters. The molecular formula is C13H20N4O2S. The number of aliphatic hydroxyl groups excluding tert-OH is 2. The summed E-state index contributed by atoms with van der Waals surface area (Å²) in [4.78, 5) is 11.0. The van der Waals surface area contributed by atoms with Gasteiger partial charge >= 0.3 is 0 Å². The number of nitrogens with zero attached hydrogens (tertiary/aromatic N) is 2. The van der Waals surface area contributed by atoms with Crippen LogP contribution >= 0.6 is 11.3 Å². The molecule has 0 aliphatic heterocycles. The van der Waals surface area contributed by atoms with Gasteiger partial charge in [0, 0.05) is 11.4 Å². The Morgan fingerprint density at radius 1 is 1.25 bits per heavy atom. The topological polar surface area (TPSA) is 90.3 Å². The van der Waals surface area contributed by atoms with E-state index in [0.29, 0.717) is 11.8 Å². The first kappa shape index (κ1) is 15.0. The molecule has 0 fully saturated rings. The van der Waals surface area contributed by atoms with Crippen molar-refractivity contribution in [2.24, 2.45) is 0 Å². The molecule has 0 spiro atoms. The number of hydrogen-bond acceptors (Lipinski definition) is 7. The predicted molar refractivity (Wildman–Crippen MR) is 82.5 cm³/mol. The number of anilines is 2. The van der Waals surface area contributed by atoms with Crippen molar-refractivity contribution in [3.63, 3.8) is 0 Å². The van der Waals surface area contributed by atoms with Crippen molar-refractivity contribution in [2.75, 3.05) is 30.4 Å². The molecular weight excluding hydrogens is 276 g/mol. The van der Waals surface area contributed by atoms with Gasteiger partial charge in [-0.1, -0.05) is 6.92 Å². The van der Waals surface area contributed by atoms with Crippen LogP contribution in [0.5, 0.6) is 0 Å². The first-order valence-corrected chi connectivity index (χ1v) is 7.56. The zero-order valence-corrected chi connectivity index (χ0v) is 12.5. The van der Waals surface area contributed by atoms with E-state index in [1.807, 2.05) is 6.92 Å². The van der Waals surface area contributed by atoms with Crippen LogP contribution in [0.3, 0.4) is 0 Å². The highest BCUT2D eigenvalue weighted by Crippen LogP contribution is 2.30. The molecule has 0 amide bonds. The van der Waals surface area contributed by atoms with E-state index in [4.69, 9.17) is 0 Å². The van der Waals surface area contributed by atoms with Gasteiger partial charge in [0.15, 0.2) is 0 Å². The van der Waals surface area contributed by atoms with Crippen LogP contribution in [0.15, 0.2) is 6.07 Å². The summed E-state index contributed by atoms with van der Waals surface area (Å²) >= 11 is 1.64. The standard InChI is InChI=1S/C13H20N4O2S/c1-3-9-5-10-11(15-8(6-18)7-19)16-13(14-4-2)17-12(10)20-9/h5,8,18-19H,3-4,6-7H2,1-2H3,(H2,14,15,16,17). The van der Waals surface area contributed by atoms with Gasteiger partial charge < -0.3 is 20.8 Å². The van der Waals surface area contributed by atoms with Gasteiger partial charge in [0.1, 0.15) is 10.6 Å². The minimum Gasteiger partial charge on any atom is -0.394 e. The lowest BCUT2D eigenvalue weighted by atomic mass is 10.2. The van der Waals surface area contributed by atoms with E-state index < -0.39 is 6.04 Å². The molecule has 2 aromatic heterocycles. The lowest BCUT2D eigenvalue weighted by Gasteiger charge is -2.15. The van der Waals surface area contributed by atoms with E-state index in [0.717, 1.165) is 23.2 Å². The maximum absolute atomic E-state index is 9.20. The largest absolute Gasteiger partial charge is 0.394 e. The van der Waals surface area contributed by atoms with Crippen molar-refractivity contribution in [3.8, 4) is 0 Å². The van der Waals surface area contributed by atoms with Gasteiger partial charge in [-0.05, 0) is 19.4 Å². The molecule has 0 saturated heterocycles. The summed E-state index contributed by atoms with van der Waals surface area (Å²) in [6.45, 7) is 4.52. The van der Waals surface area contributed by atoms with Crippen LogP contribution in [0.2, 0.25) is 0 Å². The van der Waals surface area contributed by atoms with Crippen molar-refractivity contribution in [1.29, 1.82) is 0 Å². The normalized spacial score (nSPS) is 11.2. The van der Waals surface area contributed by atoms with E-state index in [9.17, 15) is 10.2 Å². The van der Waals surface area contributed by atoms with Gasteiger partial charge in [0.2, 0.25) is 5.95 Å². The zero-order chi connectivity index (χ0) is 14.5. The molecule has 2 heterocycles. The third-order valence-electron chi connectivity index (χ3n) is 2.91. The van der Waals surface area contributed by atoms with Gasteiger partial charge in [0.05, 0.1) is 24.6 Å². The van der Waals surface area contributed by atoms with Gasteiger partial charge in [-0.15, -0.1) is 11.3 Å². The molecule has 2 aromatic rings. The highest BCUT2D eigenvalue weighted by molar-refractivity contribution is 7.18. The molecule has 0 aliphatic carbocycles. The number of fused-ring (bicyclic) bond motifs is 1. The molecule has 20 heavy (non-hydrogen) atoms. The summed E-state index contributed by atoms with van der Waals surface area (Å²) in [5, 5.41) is 25.5. The van der Waals surface area contributed by atoms with Gasteiger partial charge in [-0.3, -0.25) is 0 Å². The second kappa shape index (κ2) is 6.83. The fraction of sp³-hybridized carbons (Fsp3) is 0.538. The van der Waals surface area contributed by atoms with Crippen molar-refractivity contribution in [2.45, 2.75) is 26.3 Å². The predicted octanol–water partition coefficient (Wildman–Crippen LogP) is 1.45. The Morgan fingerprint density at radius 3 is 2.60 bits per heavy atom. The Labute approximate surface area is 121 Å². The van der Waals surface area contributed by atoms with E-state index >= 15 is 0 Å². The molecule has 0 bridgehead atoms. The molecule has 6 nitrogen and oxygen atoms in total. The quantitative estimate of drug-likeness (QED) is 0.618. The van der Waals surface area contributed by atoms with Crippen LogP contribution in [0.4, 0.5) is 11.8 Å². The highest BCUT2D eigenvalue weighted by Gasteiger charge is 2.14. The maximum Gasteiger partial charge on any atom is 0.226 e. The first-order valence-electron chi connectivity index (χ1n) is 6.74. The Balaban J connectivity index is 2.44. The third kappa shape index (κ3) is 3.17. The lowest BCUT2D eigenvalue weighted by molar-refractivity contribution is 0.203. The second-order valence-electron chi connectivity index (χ2n) is 4.42. The van der Waals surface area contributed by atoms with Crippen molar-refractivity contribution < 1.29 is 10.2 Å². The molecule has 0 aromatic carbocycles. The van der Waals surface area contributed by atoms with E-state index in [1.54, 1.807) is 11.3 Å². The number of hydrogen-bond donors (Lipinski definition) is 4. The minimum absolute atomic E-state index is 0.149. The van der Waals surface area contributed by atoms with Gasteiger partial charge in [0.25, 0.3) is 0 Å². The van der Waals surface area contributed by atoms with Gasteiger partial charge in [-0.2, -0.15) is 4.98 Å². The molecule has 110 valence electrons. The number of nitrogens with one attached hydrogen (secondary N) is 2. The summed E-state index contributed by atoms with van der Waals surface area (Å²) in [5.74, 6) is 1.21. The van der Waals surface area contributed by atoms with E-state index in [-0.39, 0.29) is 13.2 Å². The second-order valence-corrected chi connectivity index (χ2v) is 5.53. The van der Waals surface area contributed by atoms with Crippen molar-refractivity contribution in [1.82, 2.24) is 9.97 Å². The Morgan fingerprint density at radius 2 is 2.00 bits per heavy atom. The Hall–Kier alpha value is -1.44. The Bertz CT molecular complexity index is 569. The van der Waals surface area contributed by atoms with Crippen LogP contribution in [0, 0.1) is 0 Å². The van der Waals surface area contributed by atoms with Crippen molar-refractivity contribution >= 4 is 33.3 Å². The number of rotatable bonds is 7. The summed E-state index contributed by atoms with van der Waals surface area (Å²) in [5.41, 5.74) is 0. The summed E-state index contributed by atoms with van der Waals surface area (Å²) < 4.78 is 0. The van der Waals surface area contributed by atoms with Crippen LogP contribution < -0.4 is 10.6 Å². The van der Waals surface area contributed by atoms with Crippen LogP contribution in [0.1, 0.15) is 18.7 Å². The molecule has 7 heteroatoms. The average Bonchev–Trinajstić information content (AvgIpc) is 2.88. The number of aromatic nitrogens is 2. The van der Waals surface area contributed by atoms with Crippen LogP contribution in [-0.4, -0.2) is 46.0 Å². The molecule has 0 aliphatic rings. The molecule has 0 unspecified atom stereocenters. The Kier molecular flexibility index (Phi) is 5.11. The molecule has 0 saturated carbocycles. The first-order chi connectivity index (χ1) is 9.71. The third-order valence-corrected chi connectivity index (χ3v) is 4.08. The fourth-order valence-corrected chi connectivity index (χ4v) is 2.80. The van der Waals surface area contributed by atoms with Crippen molar-refractivity contribution in [3.05, 3.63) is 10.9 Å². The summed E-state index contributed by atoms with van der Waals surface area (Å²) in [6, 6.07) is 1.64. The van der Waals surface area contributed by atoms with Gasteiger partial charge in [-0.25, -0.2) is 4.98 Å². The van der Waals surface area contributed by atoms with Crippen LogP contribution in [0.25, 0.3) is 10.2 Å². The summed E-state index contributed by atoms with van der Waals surface area (Å²) in [6.07, 6.45) is 0.945. The fourth-order valence-electron chi connectivity index (χ4n) is 1.84.